The van der Waals surface area contributed by atoms with Gasteiger partial charge in [-0.3, -0.25) is 4.79 Å². The van der Waals surface area contributed by atoms with Crippen LogP contribution < -0.4 is 5.01 Å². The number of rotatable bonds is 1. The number of anilines is 1. The van der Waals surface area contributed by atoms with E-state index in [0.717, 1.165) is 0 Å². The lowest BCUT2D eigenvalue weighted by atomic mass is 9.76. The van der Waals surface area contributed by atoms with E-state index in [4.69, 9.17) is 34.8 Å². The summed E-state index contributed by atoms with van der Waals surface area (Å²) in [6, 6.07) is 3.63. The standard InChI is InChI=1S/C17H17Cl3N2O/c1-16-7-17(16)4-3-9(16)12-14(17)21(2)22(15(12)23)11-6-8(18)5-10(19)13(11)20/h5-6,9,12,14H,3-4,7H2,1-2H3/t9-,12?,14?,16?,17-/m1/s1. The third-order valence-electron chi connectivity index (χ3n) is 7.17. The van der Waals surface area contributed by atoms with Crippen molar-refractivity contribution >= 4 is 46.4 Å². The molecule has 1 aromatic rings. The molecular weight excluding hydrogens is 355 g/mol. The van der Waals surface area contributed by atoms with Crippen molar-refractivity contribution in [1.29, 1.82) is 0 Å². The molecule has 3 saturated carbocycles. The van der Waals surface area contributed by atoms with Crippen molar-refractivity contribution in [3.63, 3.8) is 0 Å². The van der Waals surface area contributed by atoms with E-state index < -0.39 is 0 Å². The number of carbonyl (C=O) groups is 1. The minimum atomic E-state index is 0.0846. The van der Waals surface area contributed by atoms with Gasteiger partial charge in [0.25, 0.3) is 0 Å². The molecule has 3 nitrogen and oxygen atoms in total. The summed E-state index contributed by atoms with van der Waals surface area (Å²) in [4.78, 5) is 13.2. The molecule has 23 heavy (non-hydrogen) atoms. The number of carbonyl (C=O) groups excluding carboxylic acids is 1. The van der Waals surface area contributed by atoms with Crippen LogP contribution in [0.4, 0.5) is 5.69 Å². The first-order valence-corrected chi connectivity index (χ1v) is 9.16. The van der Waals surface area contributed by atoms with Gasteiger partial charge in [0.15, 0.2) is 0 Å². The van der Waals surface area contributed by atoms with Gasteiger partial charge in [0.2, 0.25) is 5.91 Å². The molecule has 1 saturated heterocycles. The zero-order valence-corrected chi connectivity index (χ0v) is 15.2. The molecule has 0 aromatic heterocycles. The minimum Gasteiger partial charge on any atom is -0.273 e. The molecule has 4 fully saturated rings. The fourth-order valence-corrected chi connectivity index (χ4v) is 6.92. The molecule has 6 heteroatoms. The molecule has 3 unspecified atom stereocenters. The summed E-state index contributed by atoms with van der Waals surface area (Å²) >= 11 is 18.7. The Balaban J connectivity index is 1.62. The number of hydrazine groups is 1. The van der Waals surface area contributed by atoms with Crippen molar-refractivity contribution in [2.24, 2.45) is 22.7 Å². The third kappa shape index (κ3) is 1.48. The monoisotopic (exact) mass is 370 g/mol. The van der Waals surface area contributed by atoms with Gasteiger partial charge in [0, 0.05) is 18.1 Å². The van der Waals surface area contributed by atoms with Crippen molar-refractivity contribution < 1.29 is 4.79 Å². The van der Waals surface area contributed by atoms with Crippen molar-refractivity contribution in [2.45, 2.75) is 32.2 Å². The second-order valence-corrected chi connectivity index (χ2v) is 9.03. The van der Waals surface area contributed by atoms with Crippen LogP contribution in [0.15, 0.2) is 12.1 Å². The molecule has 0 N–H and O–H groups in total. The Morgan fingerprint density at radius 3 is 2.65 bits per heavy atom. The summed E-state index contributed by atoms with van der Waals surface area (Å²) in [6.07, 6.45) is 3.67. The molecule has 5 rings (SSSR count). The average molecular weight is 372 g/mol. The lowest BCUT2D eigenvalue weighted by Gasteiger charge is -2.34. The Hall–Kier alpha value is -0.480. The minimum absolute atomic E-state index is 0.0846. The SMILES string of the molecule is CN1C2C(C(=O)N1c1cc(Cl)cc(Cl)c1Cl)[C@H]1CC[C@@]23CC13C. The summed E-state index contributed by atoms with van der Waals surface area (Å²) in [5.74, 6) is 0.734. The van der Waals surface area contributed by atoms with E-state index in [2.05, 4.69) is 11.9 Å². The van der Waals surface area contributed by atoms with Crippen molar-refractivity contribution in [3.05, 3.63) is 27.2 Å². The van der Waals surface area contributed by atoms with Gasteiger partial charge in [0.05, 0.1) is 21.7 Å². The molecule has 4 aliphatic rings. The maximum absolute atomic E-state index is 13.2. The molecule has 0 spiro atoms. The molecular formula is C17H17Cl3N2O. The summed E-state index contributed by atoms with van der Waals surface area (Å²) in [6.45, 7) is 2.37. The Kier molecular flexibility index (Phi) is 2.70. The van der Waals surface area contributed by atoms with Crippen molar-refractivity contribution in [1.82, 2.24) is 5.01 Å². The van der Waals surface area contributed by atoms with Crippen LogP contribution in [0.25, 0.3) is 0 Å². The van der Waals surface area contributed by atoms with E-state index in [9.17, 15) is 4.79 Å². The molecule has 1 amide bonds. The average Bonchev–Trinajstić information content (AvgIpc) is 2.73. The lowest BCUT2D eigenvalue weighted by molar-refractivity contribution is -0.122. The smallest absolute Gasteiger partial charge is 0.246 e. The van der Waals surface area contributed by atoms with Crippen LogP contribution in [0.5, 0.6) is 0 Å². The number of amides is 1. The Morgan fingerprint density at radius 1 is 1.26 bits per heavy atom. The van der Waals surface area contributed by atoms with E-state index in [1.807, 2.05) is 7.05 Å². The number of fused-ring (bicyclic) bond motifs is 2. The van der Waals surface area contributed by atoms with Crippen molar-refractivity contribution in [2.75, 3.05) is 12.1 Å². The van der Waals surface area contributed by atoms with Gasteiger partial charge < -0.3 is 0 Å². The van der Waals surface area contributed by atoms with Crippen LogP contribution >= 0.6 is 34.8 Å². The molecule has 5 atom stereocenters. The van der Waals surface area contributed by atoms with Crippen molar-refractivity contribution in [3.8, 4) is 0 Å². The zero-order chi connectivity index (χ0) is 16.3. The highest BCUT2D eigenvalue weighted by molar-refractivity contribution is 6.45. The fraction of sp³-hybridized carbons (Fsp3) is 0.588. The third-order valence-corrected chi connectivity index (χ3v) is 8.18. The molecule has 0 radical (unpaired) electrons. The van der Waals surface area contributed by atoms with Gasteiger partial charge in [-0.1, -0.05) is 41.7 Å². The van der Waals surface area contributed by atoms with E-state index >= 15 is 0 Å². The van der Waals surface area contributed by atoms with E-state index in [-0.39, 0.29) is 17.9 Å². The highest BCUT2D eigenvalue weighted by atomic mass is 35.5. The number of hydrogen-bond donors (Lipinski definition) is 0. The second-order valence-electron chi connectivity index (χ2n) is 7.81. The van der Waals surface area contributed by atoms with Gasteiger partial charge in [-0.2, -0.15) is 0 Å². The topological polar surface area (TPSA) is 23.6 Å². The zero-order valence-electron chi connectivity index (χ0n) is 12.9. The lowest BCUT2D eigenvalue weighted by Crippen LogP contribution is -2.43. The molecule has 122 valence electrons. The highest BCUT2D eigenvalue weighted by Crippen LogP contribution is 2.85. The summed E-state index contributed by atoms with van der Waals surface area (Å²) in [5.41, 5.74) is 1.29. The number of benzene rings is 1. The fourth-order valence-electron chi connectivity index (χ4n) is 6.25. The van der Waals surface area contributed by atoms with Gasteiger partial charge >= 0.3 is 0 Å². The maximum Gasteiger partial charge on any atom is 0.246 e. The predicted octanol–water partition coefficient (Wildman–Crippen LogP) is 4.65. The van der Waals surface area contributed by atoms with E-state index in [0.29, 0.717) is 37.5 Å². The normalized spacial score (nSPS) is 44.0. The van der Waals surface area contributed by atoms with E-state index in [1.54, 1.807) is 17.1 Å². The first-order chi connectivity index (χ1) is 10.8. The molecule has 2 bridgehead atoms. The molecule has 3 aliphatic carbocycles. The van der Waals surface area contributed by atoms with Crippen LogP contribution in [-0.4, -0.2) is 24.0 Å². The van der Waals surface area contributed by atoms with Crippen LogP contribution in [0.3, 0.4) is 0 Å². The van der Waals surface area contributed by atoms with E-state index in [1.165, 1.54) is 19.3 Å². The molecule has 1 aliphatic heterocycles. The van der Waals surface area contributed by atoms with Crippen LogP contribution in [0, 0.1) is 22.7 Å². The first-order valence-electron chi connectivity index (χ1n) is 8.03. The summed E-state index contributed by atoms with van der Waals surface area (Å²) < 4.78 is 0. The van der Waals surface area contributed by atoms with Crippen LogP contribution in [0.2, 0.25) is 15.1 Å². The molecule has 1 heterocycles. The Morgan fingerprint density at radius 2 is 2.00 bits per heavy atom. The number of nitrogens with zero attached hydrogens (tertiary/aromatic N) is 2. The summed E-state index contributed by atoms with van der Waals surface area (Å²) in [5, 5.41) is 5.08. The van der Waals surface area contributed by atoms with Gasteiger partial charge in [-0.25, -0.2) is 10.0 Å². The molecule has 1 aromatic carbocycles. The Labute approximate surface area is 150 Å². The highest BCUT2D eigenvalue weighted by Gasteiger charge is 2.85. The summed E-state index contributed by atoms with van der Waals surface area (Å²) in [7, 11) is 2.00. The number of halogens is 3. The largest absolute Gasteiger partial charge is 0.273 e. The van der Waals surface area contributed by atoms with Gasteiger partial charge in [-0.05, 0) is 48.1 Å². The Bertz CT molecular complexity index is 764. The maximum atomic E-state index is 13.2. The predicted molar refractivity (Wildman–Crippen MR) is 91.9 cm³/mol. The van der Waals surface area contributed by atoms with Crippen LogP contribution in [0.1, 0.15) is 26.2 Å². The number of hydrogen-bond acceptors (Lipinski definition) is 2. The van der Waals surface area contributed by atoms with Gasteiger partial charge in [-0.15, -0.1) is 0 Å². The second kappa shape index (κ2) is 4.19. The quantitative estimate of drug-likeness (QED) is 0.671. The first kappa shape index (κ1) is 14.8. The van der Waals surface area contributed by atoms with Crippen LogP contribution in [-0.2, 0) is 4.79 Å². The van der Waals surface area contributed by atoms with Gasteiger partial charge in [0.1, 0.15) is 0 Å².